The van der Waals surface area contributed by atoms with Crippen LogP contribution in [0, 0.1) is 5.82 Å². The Morgan fingerprint density at radius 1 is 1.10 bits per heavy atom. The van der Waals surface area contributed by atoms with Crippen LogP contribution in [-0.2, 0) is 16.0 Å². The molecule has 0 N–H and O–H groups in total. The topological polar surface area (TPSA) is 49.9 Å². The molecular formula is C14H17FN2O3. The van der Waals surface area contributed by atoms with Crippen molar-refractivity contribution >= 4 is 12.0 Å². The summed E-state index contributed by atoms with van der Waals surface area (Å²) in [5, 5.41) is 0. The van der Waals surface area contributed by atoms with Gasteiger partial charge in [0.05, 0.1) is 13.5 Å². The molecule has 1 fully saturated rings. The predicted octanol–water partition coefficient (Wildman–Crippen LogP) is 1.28. The van der Waals surface area contributed by atoms with E-state index in [2.05, 4.69) is 4.74 Å². The fraction of sp³-hybridized carbons (Fsp3) is 0.429. The van der Waals surface area contributed by atoms with Crippen molar-refractivity contribution in [2.45, 2.75) is 6.42 Å². The molecule has 20 heavy (non-hydrogen) atoms. The lowest BCUT2D eigenvalue weighted by Gasteiger charge is -2.33. The summed E-state index contributed by atoms with van der Waals surface area (Å²) in [6.45, 7) is 1.94. The van der Waals surface area contributed by atoms with E-state index in [1.807, 2.05) is 0 Å². The summed E-state index contributed by atoms with van der Waals surface area (Å²) in [5.74, 6) is -0.325. The maximum absolute atomic E-state index is 12.8. The van der Waals surface area contributed by atoms with E-state index in [1.54, 1.807) is 21.9 Å². The Bertz CT molecular complexity index is 482. The number of methoxy groups -OCH3 is 1. The Labute approximate surface area is 116 Å². The van der Waals surface area contributed by atoms with Crippen molar-refractivity contribution in [2.75, 3.05) is 33.3 Å². The van der Waals surface area contributed by atoms with Gasteiger partial charge >= 0.3 is 6.09 Å². The number of rotatable bonds is 2. The number of benzene rings is 1. The van der Waals surface area contributed by atoms with Crippen LogP contribution in [0.2, 0.25) is 0 Å². The average molecular weight is 280 g/mol. The molecule has 0 bridgehead atoms. The molecule has 0 aromatic heterocycles. The maximum atomic E-state index is 12.8. The van der Waals surface area contributed by atoms with Crippen LogP contribution in [0.4, 0.5) is 9.18 Å². The molecule has 1 heterocycles. The molecule has 0 saturated carbocycles. The van der Waals surface area contributed by atoms with Gasteiger partial charge < -0.3 is 14.5 Å². The van der Waals surface area contributed by atoms with Crippen LogP contribution < -0.4 is 0 Å². The molecule has 108 valence electrons. The summed E-state index contributed by atoms with van der Waals surface area (Å²) in [4.78, 5) is 26.7. The van der Waals surface area contributed by atoms with Gasteiger partial charge in [-0.3, -0.25) is 4.79 Å². The number of hydrogen-bond donors (Lipinski definition) is 0. The van der Waals surface area contributed by atoms with Crippen LogP contribution in [0.1, 0.15) is 5.56 Å². The van der Waals surface area contributed by atoms with Crippen molar-refractivity contribution in [3.63, 3.8) is 0 Å². The van der Waals surface area contributed by atoms with Crippen LogP contribution in [0.5, 0.6) is 0 Å². The highest BCUT2D eigenvalue weighted by Crippen LogP contribution is 2.08. The number of hydrogen-bond acceptors (Lipinski definition) is 3. The minimum atomic E-state index is -0.365. The van der Waals surface area contributed by atoms with Crippen LogP contribution in [-0.4, -0.2) is 55.1 Å². The molecule has 5 nitrogen and oxygen atoms in total. The molecule has 0 aliphatic carbocycles. The third-order valence-electron chi connectivity index (χ3n) is 3.33. The summed E-state index contributed by atoms with van der Waals surface area (Å²) in [6, 6.07) is 5.91. The van der Waals surface area contributed by atoms with E-state index in [4.69, 9.17) is 0 Å². The minimum Gasteiger partial charge on any atom is -0.453 e. The second-order valence-corrected chi connectivity index (χ2v) is 4.64. The monoisotopic (exact) mass is 280 g/mol. The van der Waals surface area contributed by atoms with Crippen LogP contribution >= 0.6 is 0 Å². The van der Waals surface area contributed by atoms with E-state index in [1.165, 1.54) is 19.2 Å². The van der Waals surface area contributed by atoms with Gasteiger partial charge in [0.25, 0.3) is 0 Å². The van der Waals surface area contributed by atoms with E-state index in [0.29, 0.717) is 26.2 Å². The minimum absolute atomic E-state index is 0.0128. The smallest absolute Gasteiger partial charge is 0.409 e. The van der Waals surface area contributed by atoms with E-state index < -0.39 is 0 Å². The first-order valence-electron chi connectivity index (χ1n) is 6.45. The molecule has 6 heteroatoms. The third-order valence-corrected chi connectivity index (χ3v) is 3.33. The van der Waals surface area contributed by atoms with Crippen molar-refractivity contribution in [3.8, 4) is 0 Å². The van der Waals surface area contributed by atoms with Crippen molar-refractivity contribution in [2.24, 2.45) is 0 Å². The maximum Gasteiger partial charge on any atom is 0.409 e. The molecule has 0 spiro atoms. The highest BCUT2D eigenvalue weighted by Gasteiger charge is 2.24. The van der Waals surface area contributed by atoms with Crippen molar-refractivity contribution in [3.05, 3.63) is 35.6 Å². The van der Waals surface area contributed by atoms with E-state index in [9.17, 15) is 14.0 Å². The number of ether oxygens (including phenoxy) is 1. The zero-order chi connectivity index (χ0) is 14.5. The quantitative estimate of drug-likeness (QED) is 0.820. The number of nitrogens with zero attached hydrogens (tertiary/aromatic N) is 2. The molecule has 1 aliphatic heterocycles. The van der Waals surface area contributed by atoms with Gasteiger partial charge in [0.2, 0.25) is 5.91 Å². The van der Waals surface area contributed by atoms with Gasteiger partial charge in [-0.2, -0.15) is 0 Å². The average Bonchev–Trinajstić information content (AvgIpc) is 2.49. The van der Waals surface area contributed by atoms with Crippen LogP contribution in [0.3, 0.4) is 0 Å². The van der Waals surface area contributed by atoms with Crippen molar-refractivity contribution in [1.82, 2.24) is 9.80 Å². The number of amides is 2. The van der Waals surface area contributed by atoms with Gasteiger partial charge in [0.1, 0.15) is 5.82 Å². The van der Waals surface area contributed by atoms with E-state index >= 15 is 0 Å². The van der Waals surface area contributed by atoms with Gasteiger partial charge in [0.15, 0.2) is 0 Å². The van der Waals surface area contributed by atoms with Gasteiger partial charge in [-0.15, -0.1) is 0 Å². The predicted molar refractivity (Wildman–Crippen MR) is 70.7 cm³/mol. The molecule has 2 amide bonds. The van der Waals surface area contributed by atoms with Gasteiger partial charge in [-0.1, -0.05) is 12.1 Å². The Morgan fingerprint density at radius 3 is 2.20 bits per heavy atom. The highest BCUT2D eigenvalue weighted by molar-refractivity contribution is 5.79. The lowest BCUT2D eigenvalue weighted by atomic mass is 10.1. The molecule has 1 aromatic carbocycles. The van der Waals surface area contributed by atoms with Crippen molar-refractivity contribution < 1.29 is 18.7 Å². The number of piperazine rings is 1. The summed E-state index contributed by atoms with van der Waals surface area (Å²) in [7, 11) is 1.34. The normalized spacial score (nSPS) is 15.1. The zero-order valence-electron chi connectivity index (χ0n) is 11.3. The molecule has 0 radical (unpaired) electrons. The van der Waals surface area contributed by atoms with Gasteiger partial charge in [0, 0.05) is 26.2 Å². The Hall–Kier alpha value is -2.11. The number of carbonyl (C=O) groups excluding carboxylic acids is 2. The molecule has 1 aromatic rings. The summed E-state index contributed by atoms with van der Waals surface area (Å²) >= 11 is 0. The number of carbonyl (C=O) groups is 2. The molecule has 2 rings (SSSR count). The van der Waals surface area contributed by atoms with E-state index in [0.717, 1.165) is 5.56 Å². The van der Waals surface area contributed by atoms with Gasteiger partial charge in [-0.25, -0.2) is 9.18 Å². The first-order chi connectivity index (χ1) is 9.60. The lowest BCUT2D eigenvalue weighted by Crippen LogP contribution is -2.50. The summed E-state index contributed by atoms with van der Waals surface area (Å²) < 4.78 is 17.4. The largest absolute Gasteiger partial charge is 0.453 e. The highest BCUT2D eigenvalue weighted by atomic mass is 19.1. The fourth-order valence-electron chi connectivity index (χ4n) is 2.16. The summed E-state index contributed by atoms with van der Waals surface area (Å²) in [6.07, 6.45) is -0.117. The SMILES string of the molecule is COC(=O)N1CCN(C(=O)Cc2ccc(F)cc2)CC1. The number of halogens is 1. The Morgan fingerprint density at radius 2 is 1.65 bits per heavy atom. The molecule has 0 unspecified atom stereocenters. The molecule has 0 atom stereocenters. The van der Waals surface area contributed by atoms with Crippen LogP contribution in [0.25, 0.3) is 0 Å². The second-order valence-electron chi connectivity index (χ2n) is 4.64. The Balaban J connectivity index is 1.85. The first-order valence-corrected chi connectivity index (χ1v) is 6.45. The first kappa shape index (κ1) is 14.3. The van der Waals surface area contributed by atoms with Crippen LogP contribution in [0.15, 0.2) is 24.3 Å². The van der Waals surface area contributed by atoms with Crippen molar-refractivity contribution in [1.29, 1.82) is 0 Å². The molecular weight excluding hydrogens is 263 g/mol. The molecule has 1 saturated heterocycles. The fourth-order valence-corrected chi connectivity index (χ4v) is 2.16. The standard InChI is InChI=1S/C14H17FN2O3/c1-20-14(19)17-8-6-16(7-9-17)13(18)10-11-2-4-12(15)5-3-11/h2-5H,6-10H2,1H3. The van der Waals surface area contributed by atoms with E-state index in [-0.39, 0.29) is 24.2 Å². The lowest BCUT2D eigenvalue weighted by molar-refractivity contribution is -0.132. The molecule has 1 aliphatic rings. The third kappa shape index (κ3) is 3.46. The second kappa shape index (κ2) is 6.36. The Kier molecular flexibility index (Phi) is 4.55. The van der Waals surface area contributed by atoms with Gasteiger partial charge in [-0.05, 0) is 17.7 Å². The summed E-state index contributed by atoms with van der Waals surface area (Å²) in [5.41, 5.74) is 0.784. The zero-order valence-corrected chi connectivity index (χ0v) is 11.3.